The number of alkyl halides is 3. The van der Waals surface area contributed by atoms with Crippen molar-refractivity contribution in [1.29, 1.82) is 0 Å². The number of benzene rings is 1. The molecule has 0 spiro atoms. The Morgan fingerprint density at radius 2 is 1.91 bits per heavy atom. The van der Waals surface area contributed by atoms with Crippen LogP contribution in [-0.4, -0.2) is 22.2 Å². The molecule has 0 saturated heterocycles. The van der Waals surface area contributed by atoms with E-state index in [-0.39, 0.29) is 10.8 Å². The Morgan fingerprint density at radius 3 is 2.48 bits per heavy atom. The summed E-state index contributed by atoms with van der Waals surface area (Å²) in [4.78, 5) is 3.70. The molecule has 0 aliphatic rings. The standard InChI is InChI=1S/C16H16ClF3N2O/c1-10(14(23)7-11-5-3-2-4-6-11)22-15-13(17)8-12(9-21-15)16(18,19)20/h2-6,8-10,14,23H,7H2,1H3,(H,21,22). The quantitative estimate of drug-likeness (QED) is 0.856. The van der Waals surface area contributed by atoms with Crippen molar-refractivity contribution in [2.75, 3.05) is 5.32 Å². The van der Waals surface area contributed by atoms with Gasteiger partial charge in [-0.2, -0.15) is 13.2 Å². The number of halogens is 4. The zero-order chi connectivity index (χ0) is 17.0. The number of anilines is 1. The molecule has 0 fully saturated rings. The largest absolute Gasteiger partial charge is 0.417 e. The Hall–Kier alpha value is -1.79. The summed E-state index contributed by atoms with van der Waals surface area (Å²) in [5.74, 6) is 0.110. The Balaban J connectivity index is 2.03. The van der Waals surface area contributed by atoms with Gasteiger partial charge < -0.3 is 10.4 Å². The van der Waals surface area contributed by atoms with Crippen LogP contribution in [0.4, 0.5) is 19.0 Å². The molecule has 2 atom stereocenters. The first-order chi connectivity index (χ1) is 10.8. The summed E-state index contributed by atoms with van der Waals surface area (Å²) >= 11 is 5.84. The van der Waals surface area contributed by atoms with E-state index in [2.05, 4.69) is 10.3 Å². The SMILES string of the molecule is CC(Nc1ncc(C(F)(F)F)cc1Cl)C(O)Cc1ccccc1. The van der Waals surface area contributed by atoms with Crippen molar-refractivity contribution >= 4 is 17.4 Å². The molecule has 0 amide bonds. The lowest BCUT2D eigenvalue weighted by molar-refractivity contribution is -0.137. The van der Waals surface area contributed by atoms with Gasteiger partial charge in [0.2, 0.25) is 0 Å². The maximum Gasteiger partial charge on any atom is 0.417 e. The van der Waals surface area contributed by atoms with Gasteiger partial charge >= 0.3 is 6.18 Å². The highest BCUT2D eigenvalue weighted by Gasteiger charge is 2.31. The highest BCUT2D eigenvalue weighted by atomic mass is 35.5. The summed E-state index contributed by atoms with van der Waals surface area (Å²) in [5.41, 5.74) is 0.0469. The maximum atomic E-state index is 12.6. The van der Waals surface area contributed by atoms with Gasteiger partial charge in [0, 0.05) is 12.6 Å². The third kappa shape index (κ3) is 4.84. The molecule has 124 valence electrons. The first-order valence-electron chi connectivity index (χ1n) is 6.98. The molecular weight excluding hydrogens is 329 g/mol. The zero-order valence-electron chi connectivity index (χ0n) is 12.3. The second-order valence-corrected chi connectivity index (χ2v) is 5.65. The third-order valence-corrected chi connectivity index (χ3v) is 3.69. The number of aromatic nitrogens is 1. The number of nitrogens with zero attached hydrogens (tertiary/aromatic N) is 1. The van der Waals surface area contributed by atoms with E-state index in [0.717, 1.165) is 11.6 Å². The van der Waals surface area contributed by atoms with Gasteiger partial charge in [-0.1, -0.05) is 41.9 Å². The van der Waals surface area contributed by atoms with Crippen LogP contribution in [0.2, 0.25) is 5.02 Å². The molecule has 7 heteroatoms. The first-order valence-corrected chi connectivity index (χ1v) is 7.36. The predicted molar refractivity (Wildman–Crippen MR) is 83.5 cm³/mol. The van der Waals surface area contributed by atoms with Gasteiger partial charge in [0.1, 0.15) is 5.82 Å². The van der Waals surface area contributed by atoms with E-state index < -0.39 is 23.9 Å². The lowest BCUT2D eigenvalue weighted by Gasteiger charge is -2.21. The van der Waals surface area contributed by atoms with Crippen molar-refractivity contribution in [2.24, 2.45) is 0 Å². The molecule has 23 heavy (non-hydrogen) atoms. The molecule has 1 aromatic heterocycles. The fraction of sp³-hybridized carbons (Fsp3) is 0.312. The van der Waals surface area contributed by atoms with Gasteiger partial charge in [-0.05, 0) is 18.6 Å². The molecule has 1 aromatic carbocycles. The van der Waals surface area contributed by atoms with Crippen LogP contribution in [0.1, 0.15) is 18.1 Å². The summed E-state index contributed by atoms with van der Waals surface area (Å²) in [6.45, 7) is 1.71. The minimum Gasteiger partial charge on any atom is -0.391 e. The summed E-state index contributed by atoms with van der Waals surface area (Å²) in [6, 6.07) is 9.77. The van der Waals surface area contributed by atoms with E-state index in [0.29, 0.717) is 12.6 Å². The first kappa shape index (κ1) is 17.6. The Labute approximate surface area is 137 Å². The van der Waals surface area contributed by atoms with Crippen molar-refractivity contribution in [3.8, 4) is 0 Å². The lowest BCUT2D eigenvalue weighted by atomic mass is 10.0. The molecule has 2 N–H and O–H groups in total. The molecule has 3 nitrogen and oxygen atoms in total. The van der Waals surface area contributed by atoms with Crippen LogP contribution in [-0.2, 0) is 12.6 Å². The summed E-state index contributed by atoms with van der Waals surface area (Å²) in [6.07, 6.45) is -4.11. The highest BCUT2D eigenvalue weighted by Crippen LogP contribution is 2.32. The van der Waals surface area contributed by atoms with E-state index in [1.807, 2.05) is 30.3 Å². The zero-order valence-corrected chi connectivity index (χ0v) is 13.1. The number of pyridine rings is 1. The van der Waals surface area contributed by atoms with Crippen LogP contribution in [0.5, 0.6) is 0 Å². The average Bonchev–Trinajstić information content (AvgIpc) is 2.49. The van der Waals surface area contributed by atoms with Gasteiger partial charge in [0.25, 0.3) is 0 Å². The predicted octanol–water partition coefficient (Wildman–Crippen LogP) is 4.16. The Kier molecular flexibility index (Phi) is 5.49. The van der Waals surface area contributed by atoms with Crippen molar-refractivity contribution in [3.63, 3.8) is 0 Å². The fourth-order valence-corrected chi connectivity index (χ4v) is 2.26. The number of aliphatic hydroxyl groups excluding tert-OH is 1. The molecule has 1 heterocycles. The van der Waals surface area contributed by atoms with Crippen LogP contribution >= 0.6 is 11.6 Å². The van der Waals surface area contributed by atoms with Crippen LogP contribution in [0.25, 0.3) is 0 Å². The number of rotatable bonds is 5. The molecule has 2 unspecified atom stereocenters. The summed E-state index contributed by atoms with van der Waals surface area (Å²) in [5, 5.41) is 12.9. The lowest BCUT2D eigenvalue weighted by Crippen LogP contribution is -2.32. The van der Waals surface area contributed by atoms with Crippen LogP contribution in [0, 0.1) is 0 Å². The number of hydrogen-bond donors (Lipinski definition) is 2. The van der Waals surface area contributed by atoms with Gasteiger partial charge in [-0.3, -0.25) is 0 Å². The maximum absolute atomic E-state index is 12.6. The van der Waals surface area contributed by atoms with Crippen molar-refractivity contribution in [3.05, 3.63) is 58.7 Å². The van der Waals surface area contributed by atoms with Crippen LogP contribution in [0.3, 0.4) is 0 Å². The molecule has 2 rings (SSSR count). The van der Waals surface area contributed by atoms with E-state index in [4.69, 9.17) is 11.6 Å². The third-order valence-electron chi connectivity index (χ3n) is 3.40. The molecule has 0 aliphatic heterocycles. The molecular formula is C16H16ClF3N2O. The van der Waals surface area contributed by atoms with Crippen molar-refractivity contribution in [2.45, 2.75) is 31.7 Å². The minimum atomic E-state index is -4.49. The van der Waals surface area contributed by atoms with Gasteiger partial charge in [0.15, 0.2) is 0 Å². The fourth-order valence-electron chi connectivity index (χ4n) is 2.04. The molecule has 0 bridgehead atoms. The molecule has 0 aliphatic carbocycles. The highest BCUT2D eigenvalue weighted by molar-refractivity contribution is 6.33. The van der Waals surface area contributed by atoms with Crippen molar-refractivity contribution < 1.29 is 18.3 Å². The normalized spacial score (nSPS) is 14.3. The Bertz CT molecular complexity index is 650. The van der Waals surface area contributed by atoms with Crippen molar-refractivity contribution in [1.82, 2.24) is 4.98 Å². The molecule has 0 radical (unpaired) electrons. The molecule has 2 aromatic rings. The summed E-state index contributed by atoms with van der Waals surface area (Å²) < 4.78 is 37.7. The molecule has 0 saturated carbocycles. The van der Waals surface area contributed by atoms with E-state index >= 15 is 0 Å². The van der Waals surface area contributed by atoms with Crippen LogP contribution in [0.15, 0.2) is 42.6 Å². The van der Waals surface area contributed by atoms with E-state index in [1.54, 1.807) is 6.92 Å². The summed E-state index contributed by atoms with van der Waals surface area (Å²) in [7, 11) is 0. The van der Waals surface area contributed by atoms with Gasteiger partial charge in [-0.25, -0.2) is 4.98 Å². The number of aliphatic hydroxyl groups is 1. The van der Waals surface area contributed by atoms with Gasteiger partial charge in [-0.15, -0.1) is 0 Å². The number of nitrogens with one attached hydrogen (secondary N) is 1. The van der Waals surface area contributed by atoms with Gasteiger partial charge in [0.05, 0.1) is 22.7 Å². The number of hydrogen-bond acceptors (Lipinski definition) is 3. The average molecular weight is 345 g/mol. The minimum absolute atomic E-state index is 0.110. The Morgan fingerprint density at radius 1 is 1.26 bits per heavy atom. The van der Waals surface area contributed by atoms with Crippen LogP contribution < -0.4 is 5.32 Å². The second-order valence-electron chi connectivity index (χ2n) is 5.24. The van der Waals surface area contributed by atoms with E-state index in [9.17, 15) is 18.3 Å². The van der Waals surface area contributed by atoms with E-state index in [1.165, 1.54) is 0 Å². The monoisotopic (exact) mass is 344 g/mol. The second kappa shape index (κ2) is 7.19. The smallest absolute Gasteiger partial charge is 0.391 e. The topological polar surface area (TPSA) is 45.2 Å².